The van der Waals surface area contributed by atoms with Gasteiger partial charge in [0.25, 0.3) is 5.91 Å². The van der Waals surface area contributed by atoms with Gasteiger partial charge in [0.1, 0.15) is 12.4 Å². The van der Waals surface area contributed by atoms with Crippen molar-refractivity contribution >= 4 is 5.91 Å². The Hall–Kier alpha value is -1.63. The lowest BCUT2D eigenvalue weighted by atomic mass is 10.3. The van der Waals surface area contributed by atoms with E-state index in [4.69, 9.17) is 5.84 Å². The van der Waals surface area contributed by atoms with Crippen LogP contribution in [0, 0.1) is 0 Å². The van der Waals surface area contributed by atoms with Crippen LogP contribution in [-0.2, 0) is 11.8 Å². The summed E-state index contributed by atoms with van der Waals surface area (Å²) < 4.78 is 2.34. The highest BCUT2D eigenvalue weighted by atomic mass is 16.2. The molecule has 0 aliphatic carbocycles. The van der Waals surface area contributed by atoms with Crippen molar-refractivity contribution in [3.8, 4) is 0 Å². The molecule has 7 heteroatoms. The summed E-state index contributed by atoms with van der Waals surface area (Å²) in [4.78, 5) is 22.3. The summed E-state index contributed by atoms with van der Waals surface area (Å²) in [6, 6.07) is -0.696. The van der Waals surface area contributed by atoms with Crippen LogP contribution in [0.2, 0.25) is 0 Å². The number of hydrogen-bond donors (Lipinski definition) is 2. The van der Waals surface area contributed by atoms with E-state index < -0.39 is 11.9 Å². The molecule has 0 aliphatic rings. The third-order valence-electron chi connectivity index (χ3n) is 1.74. The van der Waals surface area contributed by atoms with Crippen LogP contribution in [0.4, 0.5) is 0 Å². The highest BCUT2D eigenvalue weighted by Crippen LogP contribution is 1.97. The molecule has 7 nitrogen and oxygen atoms in total. The molecule has 0 aromatic carbocycles. The number of hydrogen-bond acceptors (Lipinski definition) is 4. The first-order chi connectivity index (χ1) is 6.07. The zero-order valence-corrected chi connectivity index (χ0v) is 7.39. The van der Waals surface area contributed by atoms with Gasteiger partial charge in [0.15, 0.2) is 0 Å². The number of aryl methyl sites for hydroxylation is 1. The third-order valence-corrected chi connectivity index (χ3v) is 1.74. The molecule has 0 fully saturated rings. The number of aromatic nitrogens is 3. The van der Waals surface area contributed by atoms with Crippen LogP contribution >= 0.6 is 0 Å². The topological polar surface area (TPSA) is 94.9 Å². The van der Waals surface area contributed by atoms with Gasteiger partial charge in [-0.15, -0.1) is 0 Å². The van der Waals surface area contributed by atoms with Crippen LogP contribution < -0.4 is 17.0 Å². The number of carbonyl (C=O) groups excluding carboxylic acids is 1. The Morgan fingerprint density at radius 2 is 2.38 bits per heavy atom. The molecule has 1 atom stereocenters. The molecule has 0 aliphatic heterocycles. The van der Waals surface area contributed by atoms with E-state index in [9.17, 15) is 9.59 Å². The van der Waals surface area contributed by atoms with Gasteiger partial charge >= 0.3 is 5.69 Å². The summed E-state index contributed by atoms with van der Waals surface area (Å²) in [6.07, 6.45) is 1.34. The smallest absolute Gasteiger partial charge is 0.292 e. The fraction of sp³-hybridized carbons (Fsp3) is 0.500. The summed E-state index contributed by atoms with van der Waals surface area (Å²) in [6.45, 7) is 1.54. The fourth-order valence-corrected chi connectivity index (χ4v) is 0.891. The lowest BCUT2D eigenvalue weighted by Crippen LogP contribution is -2.39. The molecule has 0 radical (unpaired) electrons. The van der Waals surface area contributed by atoms with Gasteiger partial charge in [-0.2, -0.15) is 5.10 Å². The maximum Gasteiger partial charge on any atom is 0.346 e. The van der Waals surface area contributed by atoms with Crippen molar-refractivity contribution in [1.29, 1.82) is 0 Å². The summed E-state index contributed by atoms with van der Waals surface area (Å²) in [5, 5.41) is 3.74. The van der Waals surface area contributed by atoms with E-state index in [0.29, 0.717) is 0 Å². The lowest BCUT2D eigenvalue weighted by Gasteiger charge is -2.07. The first kappa shape index (κ1) is 9.46. The number of rotatable bonds is 2. The van der Waals surface area contributed by atoms with Gasteiger partial charge < -0.3 is 0 Å². The van der Waals surface area contributed by atoms with Crippen LogP contribution in [0.5, 0.6) is 0 Å². The van der Waals surface area contributed by atoms with Gasteiger partial charge in [-0.05, 0) is 6.92 Å². The Morgan fingerprint density at radius 3 is 2.77 bits per heavy atom. The van der Waals surface area contributed by atoms with E-state index in [2.05, 4.69) is 5.10 Å². The fourth-order valence-electron chi connectivity index (χ4n) is 0.891. The maximum atomic E-state index is 11.3. The van der Waals surface area contributed by atoms with E-state index in [1.165, 1.54) is 17.8 Å². The molecule has 72 valence electrons. The normalized spacial score (nSPS) is 12.5. The minimum atomic E-state index is -0.696. The second kappa shape index (κ2) is 3.40. The lowest BCUT2D eigenvalue weighted by molar-refractivity contribution is -0.124. The SMILES string of the molecule is CC(C(=O)NN)n1ncn(C)c1=O. The molecule has 0 spiro atoms. The van der Waals surface area contributed by atoms with Crippen molar-refractivity contribution in [2.24, 2.45) is 12.9 Å². The molecular weight excluding hydrogens is 174 g/mol. The van der Waals surface area contributed by atoms with Gasteiger partial charge in [0.05, 0.1) is 0 Å². The van der Waals surface area contributed by atoms with E-state index in [1.54, 1.807) is 7.05 Å². The molecule has 1 heterocycles. The number of nitrogens with one attached hydrogen (secondary N) is 1. The highest BCUT2D eigenvalue weighted by molar-refractivity contribution is 5.78. The summed E-state index contributed by atoms with van der Waals surface area (Å²) in [7, 11) is 1.55. The number of hydrazine groups is 1. The van der Waals surface area contributed by atoms with Gasteiger partial charge in [0.2, 0.25) is 0 Å². The molecule has 13 heavy (non-hydrogen) atoms. The van der Waals surface area contributed by atoms with Crippen LogP contribution in [0.1, 0.15) is 13.0 Å². The predicted molar refractivity (Wildman–Crippen MR) is 44.5 cm³/mol. The number of nitrogens with two attached hydrogens (primary N) is 1. The zero-order chi connectivity index (χ0) is 10.0. The van der Waals surface area contributed by atoms with E-state index >= 15 is 0 Å². The molecule has 3 N–H and O–H groups in total. The Balaban J connectivity index is 3.02. The molecule has 1 aromatic heterocycles. The summed E-state index contributed by atoms with van der Waals surface area (Å²) in [5.74, 6) is 4.46. The third kappa shape index (κ3) is 1.59. The molecule has 1 aromatic rings. The minimum absolute atomic E-state index is 0.351. The second-order valence-electron chi connectivity index (χ2n) is 2.65. The van der Waals surface area contributed by atoms with E-state index in [-0.39, 0.29) is 5.69 Å². The second-order valence-corrected chi connectivity index (χ2v) is 2.65. The van der Waals surface area contributed by atoms with Gasteiger partial charge in [0, 0.05) is 7.05 Å². The molecule has 0 bridgehead atoms. The molecule has 0 saturated heterocycles. The van der Waals surface area contributed by atoms with Crippen molar-refractivity contribution in [2.45, 2.75) is 13.0 Å². The Bertz CT molecular complexity index is 365. The van der Waals surface area contributed by atoms with E-state index in [0.717, 1.165) is 4.68 Å². The van der Waals surface area contributed by atoms with Crippen molar-refractivity contribution in [3.63, 3.8) is 0 Å². The molecule has 1 amide bonds. The number of carbonyl (C=O) groups is 1. The predicted octanol–water partition coefficient (Wildman–Crippen LogP) is -1.87. The van der Waals surface area contributed by atoms with Crippen molar-refractivity contribution in [3.05, 3.63) is 16.8 Å². The van der Waals surface area contributed by atoms with Crippen molar-refractivity contribution in [2.75, 3.05) is 0 Å². The highest BCUT2D eigenvalue weighted by Gasteiger charge is 2.17. The summed E-state index contributed by atoms with van der Waals surface area (Å²) in [5.41, 5.74) is 1.60. The monoisotopic (exact) mass is 185 g/mol. The minimum Gasteiger partial charge on any atom is -0.292 e. The Morgan fingerprint density at radius 1 is 1.77 bits per heavy atom. The number of amides is 1. The maximum absolute atomic E-state index is 11.3. The van der Waals surface area contributed by atoms with Crippen LogP contribution in [-0.4, -0.2) is 20.3 Å². The average Bonchev–Trinajstić information content (AvgIpc) is 2.45. The average molecular weight is 185 g/mol. The standard InChI is InChI=1S/C6H11N5O2/c1-4(5(12)9-7)11-6(13)10(2)3-8-11/h3-4H,7H2,1-2H3,(H,9,12). The van der Waals surface area contributed by atoms with Gasteiger partial charge in [-0.25, -0.2) is 15.3 Å². The van der Waals surface area contributed by atoms with Crippen molar-refractivity contribution in [1.82, 2.24) is 19.8 Å². The molecule has 1 unspecified atom stereocenters. The van der Waals surface area contributed by atoms with Crippen molar-refractivity contribution < 1.29 is 4.79 Å². The largest absolute Gasteiger partial charge is 0.346 e. The van der Waals surface area contributed by atoms with Crippen LogP contribution in [0.3, 0.4) is 0 Å². The number of nitrogens with zero attached hydrogens (tertiary/aromatic N) is 3. The zero-order valence-electron chi connectivity index (χ0n) is 7.39. The van der Waals surface area contributed by atoms with Crippen LogP contribution in [0.15, 0.2) is 11.1 Å². The van der Waals surface area contributed by atoms with Gasteiger partial charge in [-0.3, -0.25) is 14.8 Å². The Labute approximate surface area is 74.1 Å². The molecule has 0 saturated carbocycles. The quantitative estimate of drug-likeness (QED) is 0.320. The molecule has 1 rings (SSSR count). The first-order valence-corrected chi connectivity index (χ1v) is 3.68. The summed E-state index contributed by atoms with van der Waals surface area (Å²) >= 11 is 0. The Kier molecular flexibility index (Phi) is 2.47. The van der Waals surface area contributed by atoms with Gasteiger partial charge in [-0.1, -0.05) is 0 Å². The van der Waals surface area contributed by atoms with E-state index in [1.807, 2.05) is 5.43 Å². The van der Waals surface area contributed by atoms with Crippen LogP contribution in [0.25, 0.3) is 0 Å². The first-order valence-electron chi connectivity index (χ1n) is 3.68. The molecular formula is C6H11N5O2.